The van der Waals surface area contributed by atoms with Gasteiger partial charge in [-0.2, -0.15) is 0 Å². The summed E-state index contributed by atoms with van der Waals surface area (Å²) in [5.41, 5.74) is 0.954. The topological polar surface area (TPSA) is 123 Å². The summed E-state index contributed by atoms with van der Waals surface area (Å²) in [5.74, 6) is -2.32. The van der Waals surface area contributed by atoms with Crippen LogP contribution in [0.25, 0.3) is 6.08 Å². The predicted octanol–water partition coefficient (Wildman–Crippen LogP) is 2.42. The van der Waals surface area contributed by atoms with Crippen LogP contribution >= 0.6 is 0 Å². The van der Waals surface area contributed by atoms with Crippen molar-refractivity contribution >= 4 is 35.5 Å². The van der Waals surface area contributed by atoms with Crippen LogP contribution in [-0.2, 0) is 16.0 Å². The largest absolute Gasteiger partial charge is 0.433 e. The Hall–Kier alpha value is -3.75. The minimum atomic E-state index is -0.902. The molecule has 1 aliphatic rings. The third kappa shape index (κ3) is 3.09. The van der Waals surface area contributed by atoms with Crippen LogP contribution in [0, 0.1) is 10.1 Å². The highest BCUT2D eigenvalue weighted by molar-refractivity contribution is 6.39. The van der Waals surface area contributed by atoms with Gasteiger partial charge in [0.25, 0.3) is 11.8 Å². The van der Waals surface area contributed by atoms with Gasteiger partial charge in [-0.1, -0.05) is 19.1 Å². The number of nitro groups is 1. The Morgan fingerprint density at radius 1 is 1.15 bits per heavy atom. The molecule has 3 rings (SSSR count). The molecule has 0 bridgehead atoms. The monoisotopic (exact) mass is 355 g/mol. The fraction of sp³-hybridized carbons (Fsp3) is 0.118. The molecule has 4 amide bonds. The fourth-order valence-electron chi connectivity index (χ4n) is 2.43. The zero-order valence-electron chi connectivity index (χ0n) is 13.6. The van der Waals surface area contributed by atoms with Crippen LogP contribution in [-0.4, -0.2) is 22.8 Å². The molecule has 1 N–H and O–H groups in total. The van der Waals surface area contributed by atoms with Crippen LogP contribution < -0.4 is 10.2 Å². The first-order valence-corrected chi connectivity index (χ1v) is 7.65. The minimum absolute atomic E-state index is 0.0502. The van der Waals surface area contributed by atoms with E-state index in [9.17, 15) is 24.5 Å². The third-order valence-electron chi connectivity index (χ3n) is 3.78. The molecule has 0 atom stereocenters. The molecular weight excluding hydrogens is 342 g/mol. The number of benzene rings is 1. The molecule has 132 valence electrons. The quantitative estimate of drug-likeness (QED) is 0.389. The highest BCUT2D eigenvalue weighted by Gasteiger charge is 2.37. The molecule has 0 unspecified atom stereocenters. The van der Waals surface area contributed by atoms with Gasteiger partial charge in [-0.15, -0.1) is 0 Å². The number of imide groups is 2. The van der Waals surface area contributed by atoms with Gasteiger partial charge >= 0.3 is 11.9 Å². The summed E-state index contributed by atoms with van der Waals surface area (Å²) in [6, 6.07) is 8.22. The number of hydrogen-bond donors (Lipinski definition) is 1. The predicted molar refractivity (Wildman–Crippen MR) is 90.2 cm³/mol. The van der Waals surface area contributed by atoms with Gasteiger partial charge in [-0.05, 0) is 36.3 Å². The van der Waals surface area contributed by atoms with Gasteiger partial charge in [-0.3, -0.25) is 25.0 Å². The van der Waals surface area contributed by atoms with Crippen molar-refractivity contribution in [1.29, 1.82) is 0 Å². The summed E-state index contributed by atoms with van der Waals surface area (Å²) in [7, 11) is 0. The van der Waals surface area contributed by atoms with Crippen LogP contribution in [0.3, 0.4) is 0 Å². The van der Waals surface area contributed by atoms with E-state index in [0.717, 1.165) is 29.0 Å². The molecule has 1 fully saturated rings. The third-order valence-corrected chi connectivity index (χ3v) is 3.78. The van der Waals surface area contributed by atoms with E-state index < -0.39 is 28.7 Å². The minimum Gasteiger partial charge on any atom is -0.401 e. The number of furan rings is 1. The van der Waals surface area contributed by atoms with Crippen LogP contribution in [0.2, 0.25) is 0 Å². The van der Waals surface area contributed by atoms with Crippen molar-refractivity contribution < 1.29 is 23.7 Å². The number of aryl methyl sites for hydroxylation is 1. The Morgan fingerprint density at radius 2 is 1.85 bits per heavy atom. The lowest BCUT2D eigenvalue weighted by atomic mass is 10.1. The van der Waals surface area contributed by atoms with Crippen molar-refractivity contribution in [2.24, 2.45) is 0 Å². The van der Waals surface area contributed by atoms with E-state index in [1.165, 1.54) is 6.07 Å². The first kappa shape index (κ1) is 17.1. The van der Waals surface area contributed by atoms with E-state index in [2.05, 4.69) is 5.32 Å². The van der Waals surface area contributed by atoms with E-state index in [0.29, 0.717) is 5.69 Å². The second kappa shape index (κ2) is 6.63. The van der Waals surface area contributed by atoms with E-state index in [1.807, 2.05) is 6.92 Å². The Kier molecular flexibility index (Phi) is 4.36. The number of hydrogen-bond acceptors (Lipinski definition) is 6. The van der Waals surface area contributed by atoms with Crippen LogP contribution in [0.1, 0.15) is 18.2 Å². The first-order chi connectivity index (χ1) is 12.4. The number of nitrogens with one attached hydrogen (secondary N) is 1. The summed E-state index contributed by atoms with van der Waals surface area (Å²) in [6.45, 7) is 1.97. The molecule has 0 saturated carbocycles. The zero-order valence-corrected chi connectivity index (χ0v) is 13.6. The van der Waals surface area contributed by atoms with Crippen LogP contribution in [0.4, 0.5) is 16.4 Å². The Morgan fingerprint density at radius 3 is 2.42 bits per heavy atom. The van der Waals surface area contributed by atoms with E-state index in [-0.39, 0.29) is 11.3 Å². The molecule has 2 aromatic rings. The van der Waals surface area contributed by atoms with E-state index in [1.54, 1.807) is 24.3 Å². The van der Waals surface area contributed by atoms with Gasteiger partial charge in [0.05, 0.1) is 11.8 Å². The molecule has 0 aliphatic carbocycles. The number of urea groups is 1. The lowest BCUT2D eigenvalue weighted by Gasteiger charge is -2.26. The maximum atomic E-state index is 12.6. The van der Waals surface area contributed by atoms with Crippen molar-refractivity contribution in [3.05, 3.63) is 63.4 Å². The standard InChI is InChI=1S/C17H13N3O6/c1-2-10-3-5-11(6-4-10)19-16(22)13(15(21)18-17(19)23)9-12-7-8-14(26-12)20(24)25/h3-9H,2H2,1H3,(H,18,21,23)/b13-9+. The summed E-state index contributed by atoms with van der Waals surface area (Å²) in [5, 5.41) is 12.7. The average molecular weight is 355 g/mol. The van der Waals surface area contributed by atoms with Crippen molar-refractivity contribution in [3.63, 3.8) is 0 Å². The summed E-state index contributed by atoms with van der Waals surface area (Å²) in [6.07, 6.45) is 1.85. The first-order valence-electron chi connectivity index (χ1n) is 7.65. The summed E-state index contributed by atoms with van der Waals surface area (Å²) < 4.78 is 4.93. The van der Waals surface area contributed by atoms with Crippen molar-refractivity contribution in [2.75, 3.05) is 4.90 Å². The number of amides is 4. The maximum absolute atomic E-state index is 12.6. The number of carbonyl (C=O) groups excluding carboxylic acids is 3. The van der Waals surface area contributed by atoms with Crippen LogP contribution in [0.5, 0.6) is 0 Å². The van der Waals surface area contributed by atoms with Gasteiger partial charge in [0.2, 0.25) is 0 Å². The second-order valence-corrected chi connectivity index (χ2v) is 5.41. The second-order valence-electron chi connectivity index (χ2n) is 5.41. The number of barbiturate groups is 1. The molecule has 1 aromatic heterocycles. The maximum Gasteiger partial charge on any atom is 0.433 e. The smallest absolute Gasteiger partial charge is 0.401 e. The molecule has 0 radical (unpaired) electrons. The molecule has 0 spiro atoms. The molecule has 9 nitrogen and oxygen atoms in total. The van der Waals surface area contributed by atoms with E-state index >= 15 is 0 Å². The van der Waals surface area contributed by atoms with Gasteiger partial charge in [-0.25, -0.2) is 9.69 Å². The average Bonchev–Trinajstić information content (AvgIpc) is 3.08. The summed E-state index contributed by atoms with van der Waals surface area (Å²) >= 11 is 0. The molecule has 1 saturated heterocycles. The van der Waals surface area contributed by atoms with Gasteiger partial charge in [0, 0.05) is 0 Å². The van der Waals surface area contributed by atoms with Crippen molar-refractivity contribution in [2.45, 2.75) is 13.3 Å². The zero-order chi connectivity index (χ0) is 18.8. The highest BCUT2D eigenvalue weighted by atomic mass is 16.6. The fourth-order valence-corrected chi connectivity index (χ4v) is 2.43. The molecule has 1 aromatic carbocycles. The number of nitrogens with zero attached hydrogens (tertiary/aromatic N) is 2. The Labute approximate surface area is 147 Å². The molecule has 1 aliphatic heterocycles. The van der Waals surface area contributed by atoms with Gasteiger partial charge in [0.1, 0.15) is 16.3 Å². The lowest BCUT2D eigenvalue weighted by molar-refractivity contribution is -0.402. The SMILES string of the molecule is CCc1ccc(N2C(=O)NC(=O)/C(=C\c3ccc([N+](=O)[O-])o3)C2=O)cc1. The van der Waals surface area contributed by atoms with Crippen molar-refractivity contribution in [3.8, 4) is 0 Å². The summed E-state index contributed by atoms with van der Waals surface area (Å²) in [4.78, 5) is 47.5. The molecule has 26 heavy (non-hydrogen) atoms. The molecular formula is C17H13N3O6. The van der Waals surface area contributed by atoms with E-state index in [4.69, 9.17) is 4.42 Å². The molecule has 9 heteroatoms. The van der Waals surface area contributed by atoms with Gasteiger partial charge < -0.3 is 4.42 Å². The number of rotatable bonds is 4. The number of carbonyl (C=O) groups is 3. The Balaban J connectivity index is 1.96. The van der Waals surface area contributed by atoms with Crippen LogP contribution in [0.15, 0.2) is 46.4 Å². The van der Waals surface area contributed by atoms with Crippen molar-refractivity contribution in [1.82, 2.24) is 5.32 Å². The number of anilines is 1. The van der Waals surface area contributed by atoms with Gasteiger partial charge in [0.15, 0.2) is 0 Å². The molecule has 2 heterocycles. The highest BCUT2D eigenvalue weighted by Crippen LogP contribution is 2.24. The lowest BCUT2D eigenvalue weighted by Crippen LogP contribution is -2.54. The normalized spacial score (nSPS) is 16.1. The Bertz CT molecular complexity index is 942.